The van der Waals surface area contributed by atoms with Gasteiger partial charge in [-0.2, -0.15) is 5.10 Å². The summed E-state index contributed by atoms with van der Waals surface area (Å²) in [6.45, 7) is 4.72. The van der Waals surface area contributed by atoms with Gasteiger partial charge in [-0.25, -0.2) is 0 Å². The summed E-state index contributed by atoms with van der Waals surface area (Å²) in [6.07, 6.45) is 0. The number of nitrogens with two attached hydrogens (primary N) is 1. The van der Waals surface area contributed by atoms with E-state index < -0.39 is 10.8 Å². The number of aromatic nitrogens is 2. The average Bonchev–Trinajstić information content (AvgIpc) is 2.67. The predicted molar refractivity (Wildman–Crippen MR) is 81.3 cm³/mol. The van der Waals surface area contributed by atoms with Gasteiger partial charge < -0.3 is 5.73 Å². The van der Waals surface area contributed by atoms with Gasteiger partial charge in [0.1, 0.15) is 0 Å². The lowest BCUT2D eigenvalue weighted by atomic mass is 10.3. The number of hydrogen-bond donors (Lipinski definition) is 1. The number of benzene rings is 1. The fourth-order valence-electron chi connectivity index (χ4n) is 1.83. The molecule has 1 atom stereocenters. The lowest BCUT2D eigenvalue weighted by Gasteiger charge is -2.06. The zero-order valence-corrected chi connectivity index (χ0v) is 13.3. The molecule has 1 aromatic heterocycles. The van der Waals surface area contributed by atoms with E-state index in [2.05, 4.69) is 21.0 Å². The molecule has 2 aromatic rings. The molecule has 0 saturated carbocycles. The molecule has 2 N–H and O–H groups in total. The van der Waals surface area contributed by atoms with Crippen LogP contribution in [0.2, 0.25) is 0 Å². The summed E-state index contributed by atoms with van der Waals surface area (Å²) in [6, 6.07) is 7.15. The third-order valence-electron chi connectivity index (χ3n) is 2.86. The summed E-state index contributed by atoms with van der Waals surface area (Å²) in [4.78, 5) is 0.780. The van der Waals surface area contributed by atoms with Crippen LogP contribution in [-0.4, -0.2) is 14.0 Å². The highest BCUT2D eigenvalue weighted by Gasteiger charge is 2.15. The van der Waals surface area contributed by atoms with Gasteiger partial charge in [0.2, 0.25) is 0 Å². The second kappa shape index (κ2) is 5.88. The maximum atomic E-state index is 12.4. The predicted octanol–water partition coefficient (Wildman–Crippen LogP) is 2.86. The van der Waals surface area contributed by atoms with Crippen molar-refractivity contribution in [1.82, 2.24) is 9.78 Å². The molecule has 0 aliphatic heterocycles. The van der Waals surface area contributed by atoms with Crippen molar-refractivity contribution in [3.63, 3.8) is 0 Å². The van der Waals surface area contributed by atoms with Crippen LogP contribution >= 0.6 is 15.9 Å². The Kier molecular flexibility index (Phi) is 4.42. The van der Waals surface area contributed by atoms with Crippen LogP contribution in [0, 0.1) is 6.92 Å². The lowest BCUT2D eigenvalue weighted by molar-refractivity contribution is 0.626. The first kappa shape index (κ1) is 14.3. The lowest BCUT2D eigenvalue weighted by Crippen LogP contribution is -2.06. The first-order valence-corrected chi connectivity index (χ1v) is 8.09. The third-order valence-corrected chi connectivity index (χ3v) is 5.23. The van der Waals surface area contributed by atoms with Crippen molar-refractivity contribution in [2.24, 2.45) is 0 Å². The van der Waals surface area contributed by atoms with Crippen molar-refractivity contribution < 1.29 is 4.21 Å². The average molecular weight is 342 g/mol. The van der Waals surface area contributed by atoms with E-state index in [0.29, 0.717) is 11.4 Å². The van der Waals surface area contributed by atoms with Crippen LogP contribution in [0.1, 0.15) is 18.3 Å². The topological polar surface area (TPSA) is 60.9 Å². The van der Waals surface area contributed by atoms with Gasteiger partial charge in [-0.1, -0.05) is 0 Å². The minimum absolute atomic E-state index is 0.444. The van der Waals surface area contributed by atoms with E-state index in [-0.39, 0.29) is 0 Å². The van der Waals surface area contributed by atoms with Gasteiger partial charge in [0.05, 0.1) is 32.4 Å². The maximum absolute atomic E-state index is 12.4. The molecule has 1 aromatic carbocycles. The Morgan fingerprint density at radius 2 is 2.00 bits per heavy atom. The number of nitrogens with zero attached hydrogens (tertiary/aromatic N) is 2. The van der Waals surface area contributed by atoms with E-state index in [0.717, 1.165) is 27.3 Å². The second-order valence-corrected chi connectivity index (χ2v) is 6.46. The SMILES string of the molecule is CCn1nc(C)c(Br)c1CS(=O)c1ccc(N)cc1. The molecule has 19 heavy (non-hydrogen) atoms. The highest BCUT2D eigenvalue weighted by molar-refractivity contribution is 9.10. The van der Waals surface area contributed by atoms with E-state index >= 15 is 0 Å². The zero-order chi connectivity index (χ0) is 14.0. The third kappa shape index (κ3) is 3.06. The maximum Gasteiger partial charge on any atom is 0.0739 e. The molecule has 0 aliphatic rings. The summed E-state index contributed by atoms with van der Waals surface area (Å²) in [7, 11) is -1.10. The first-order chi connectivity index (χ1) is 9.02. The standard InChI is InChI=1S/C13H16BrN3OS/c1-3-17-12(13(14)9(2)16-17)8-19(18)11-6-4-10(15)5-7-11/h4-7H,3,8,15H2,1-2H3. The molecule has 0 fully saturated rings. The first-order valence-electron chi connectivity index (χ1n) is 5.98. The molecule has 0 aliphatic carbocycles. The van der Waals surface area contributed by atoms with E-state index in [1.54, 1.807) is 24.3 Å². The Labute approximate surface area is 123 Å². The minimum Gasteiger partial charge on any atom is -0.399 e. The van der Waals surface area contributed by atoms with Gasteiger partial charge in [-0.05, 0) is 54.0 Å². The summed E-state index contributed by atoms with van der Waals surface area (Å²) in [5, 5.41) is 4.40. The molecule has 102 valence electrons. The molecule has 0 bridgehead atoms. The van der Waals surface area contributed by atoms with Crippen LogP contribution in [0.15, 0.2) is 33.6 Å². The number of halogens is 1. The zero-order valence-electron chi connectivity index (χ0n) is 10.9. The van der Waals surface area contributed by atoms with Crippen molar-refractivity contribution in [2.45, 2.75) is 31.0 Å². The van der Waals surface area contributed by atoms with Crippen molar-refractivity contribution >= 4 is 32.4 Å². The normalized spacial score (nSPS) is 12.6. The second-order valence-electron chi connectivity index (χ2n) is 4.22. The highest BCUT2D eigenvalue weighted by Crippen LogP contribution is 2.24. The van der Waals surface area contributed by atoms with Crippen molar-refractivity contribution in [3.05, 3.63) is 40.1 Å². The van der Waals surface area contributed by atoms with Crippen LogP contribution in [0.4, 0.5) is 5.69 Å². The summed E-state index contributed by atoms with van der Waals surface area (Å²) in [5.74, 6) is 0.444. The molecule has 6 heteroatoms. The Bertz CT molecular complexity index is 607. The van der Waals surface area contributed by atoms with Crippen LogP contribution in [0.25, 0.3) is 0 Å². The highest BCUT2D eigenvalue weighted by atomic mass is 79.9. The van der Waals surface area contributed by atoms with Gasteiger partial charge in [0, 0.05) is 17.1 Å². The smallest absolute Gasteiger partial charge is 0.0739 e. The molecule has 1 heterocycles. The monoisotopic (exact) mass is 341 g/mol. The van der Waals surface area contributed by atoms with Crippen LogP contribution in [0.3, 0.4) is 0 Å². The van der Waals surface area contributed by atoms with Crippen LogP contribution < -0.4 is 5.73 Å². The van der Waals surface area contributed by atoms with E-state index in [9.17, 15) is 4.21 Å². The van der Waals surface area contributed by atoms with E-state index in [1.807, 2.05) is 18.5 Å². The van der Waals surface area contributed by atoms with Gasteiger partial charge in [0.15, 0.2) is 0 Å². The molecular weight excluding hydrogens is 326 g/mol. The van der Waals surface area contributed by atoms with Crippen molar-refractivity contribution in [2.75, 3.05) is 5.73 Å². The van der Waals surface area contributed by atoms with Gasteiger partial charge in [-0.3, -0.25) is 8.89 Å². The molecule has 0 spiro atoms. The molecule has 1 unspecified atom stereocenters. The quantitative estimate of drug-likeness (QED) is 0.869. The number of hydrogen-bond acceptors (Lipinski definition) is 3. The summed E-state index contributed by atoms with van der Waals surface area (Å²) in [5.41, 5.74) is 8.20. The number of nitrogen functional groups attached to an aromatic ring is 1. The summed E-state index contributed by atoms with van der Waals surface area (Å²) >= 11 is 3.52. The number of aryl methyl sites for hydroxylation is 2. The Morgan fingerprint density at radius 1 is 1.37 bits per heavy atom. The van der Waals surface area contributed by atoms with Gasteiger partial charge in [0.25, 0.3) is 0 Å². The number of anilines is 1. The minimum atomic E-state index is -1.10. The fraction of sp³-hybridized carbons (Fsp3) is 0.308. The summed E-state index contributed by atoms with van der Waals surface area (Å²) < 4.78 is 15.2. The largest absolute Gasteiger partial charge is 0.399 e. The van der Waals surface area contributed by atoms with E-state index in [4.69, 9.17) is 5.73 Å². The van der Waals surface area contributed by atoms with Crippen LogP contribution in [0.5, 0.6) is 0 Å². The molecular formula is C13H16BrN3OS. The Hall–Kier alpha value is -1.14. The molecule has 0 saturated heterocycles. The fourth-order valence-corrected chi connectivity index (χ4v) is 3.59. The van der Waals surface area contributed by atoms with E-state index in [1.165, 1.54) is 0 Å². The van der Waals surface area contributed by atoms with Crippen molar-refractivity contribution in [1.29, 1.82) is 0 Å². The molecule has 4 nitrogen and oxygen atoms in total. The van der Waals surface area contributed by atoms with Gasteiger partial charge >= 0.3 is 0 Å². The van der Waals surface area contributed by atoms with Gasteiger partial charge in [-0.15, -0.1) is 0 Å². The molecule has 0 amide bonds. The molecule has 2 rings (SSSR count). The Morgan fingerprint density at radius 3 is 2.58 bits per heavy atom. The van der Waals surface area contributed by atoms with Crippen molar-refractivity contribution in [3.8, 4) is 0 Å². The Balaban J connectivity index is 2.26. The van der Waals surface area contributed by atoms with Crippen LogP contribution in [-0.2, 0) is 23.1 Å². The number of rotatable bonds is 4. The molecule has 0 radical (unpaired) electrons.